The molecule has 1 heterocycles. The number of benzene rings is 1. The second kappa shape index (κ2) is 7.18. The summed E-state index contributed by atoms with van der Waals surface area (Å²) in [5.41, 5.74) is 1.08. The summed E-state index contributed by atoms with van der Waals surface area (Å²) < 4.78 is 5.30. The number of hydrogen-bond acceptors (Lipinski definition) is 4. The normalized spacial score (nSPS) is 22.1. The second-order valence-electron chi connectivity index (χ2n) is 5.59. The molecule has 4 nitrogen and oxygen atoms in total. The third kappa shape index (κ3) is 3.52. The highest BCUT2D eigenvalue weighted by molar-refractivity contribution is 7.98. The van der Waals surface area contributed by atoms with Crippen LogP contribution in [0.1, 0.15) is 25.6 Å². The quantitative estimate of drug-likeness (QED) is 0.877. The number of carbonyl (C=O) groups is 1. The molecule has 2 rings (SSSR count). The van der Waals surface area contributed by atoms with E-state index in [4.69, 9.17) is 4.74 Å². The van der Waals surface area contributed by atoms with Gasteiger partial charge >= 0.3 is 0 Å². The lowest BCUT2D eigenvalue weighted by molar-refractivity contribution is -0.130. The molecule has 1 aliphatic rings. The van der Waals surface area contributed by atoms with Crippen LogP contribution in [0.25, 0.3) is 0 Å². The average Bonchev–Trinajstić information content (AvgIpc) is 2.82. The van der Waals surface area contributed by atoms with Gasteiger partial charge in [0, 0.05) is 12.3 Å². The van der Waals surface area contributed by atoms with Gasteiger partial charge in [0.2, 0.25) is 5.91 Å². The van der Waals surface area contributed by atoms with Gasteiger partial charge in [-0.2, -0.15) is 11.8 Å². The third-order valence-electron chi connectivity index (χ3n) is 3.81. The lowest BCUT2D eigenvalue weighted by atomic mass is 10.1. The van der Waals surface area contributed by atoms with E-state index in [1.807, 2.05) is 29.2 Å². The molecule has 1 aliphatic heterocycles. The molecule has 2 atom stereocenters. The number of carbonyl (C=O) groups excluding carboxylic acids is 1. The molecule has 2 unspecified atom stereocenters. The zero-order chi connectivity index (χ0) is 15.4. The van der Waals surface area contributed by atoms with Crippen molar-refractivity contribution in [1.29, 1.82) is 0 Å². The molecule has 0 aromatic heterocycles. The van der Waals surface area contributed by atoms with Gasteiger partial charge in [0.15, 0.2) is 0 Å². The van der Waals surface area contributed by atoms with Gasteiger partial charge in [-0.05, 0) is 29.9 Å². The van der Waals surface area contributed by atoms with Crippen LogP contribution >= 0.6 is 11.8 Å². The van der Waals surface area contributed by atoms with Crippen LogP contribution in [0.15, 0.2) is 24.3 Å². The minimum Gasteiger partial charge on any atom is -0.497 e. The van der Waals surface area contributed by atoms with E-state index in [1.54, 1.807) is 18.9 Å². The van der Waals surface area contributed by atoms with Crippen LogP contribution in [0.4, 0.5) is 0 Å². The van der Waals surface area contributed by atoms with Crippen LogP contribution in [-0.4, -0.2) is 42.5 Å². The fourth-order valence-corrected chi connectivity index (χ4v) is 3.01. The van der Waals surface area contributed by atoms with Crippen molar-refractivity contribution in [1.82, 2.24) is 10.2 Å². The number of methoxy groups -OCH3 is 1. The Morgan fingerprint density at radius 1 is 1.43 bits per heavy atom. The van der Waals surface area contributed by atoms with Crippen LogP contribution in [0.5, 0.6) is 5.75 Å². The van der Waals surface area contributed by atoms with Gasteiger partial charge in [-0.1, -0.05) is 26.0 Å². The molecule has 1 saturated heterocycles. The molecule has 1 aromatic carbocycles. The summed E-state index contributed by atoms with van der Waals surface area (Å²) in [4.78, 5) is 14.6. The minimum absolute atomic E-state index is 0.0628. The Bertz CT molecular complexity index is 493. The summed E-state index contributed by atoms with van der Waals surface area (Å²) in [6.07, 6.45) is 2.00. The minimum atomic E-state index is -0.108. The Labute approximate surface area is 131 Å². The molecule has 0 radical (unpaired) electrons. The monoisotopic (exact) mass is 308 g/mol. The standard InChI is InChI=1S/C16H24N2O2S/c1-11(2)14-16(19)18(8-9-21-4)15(17-14)12-6-5-7-13(10-12)20-3/h5-7,10-11,14-15,17H,8-9H2,1-4H3. The predicted molar refractivity (Wildman–Crippen MR) is 87.6 cm³/mol. The third-order valence-corrected chi connectivity index (χ3v) is 4.40. The number of thioether (sulfide) groups is 1. The van der Waals surface area contributed by atoms with Crippen LogP contribution in [0.2, 0.25) is 0 Å². The van der Waals surface area contributed by atoms with E-state index < -0.39 is 0 Å². The summed E-state index contributed by atoms with van der Waals surface area (Å²) >= 11 is 1.76. The van der Waals surface area contributed by atoms with E-state index in [0.717, 1.165) is 23.6 Å². The van der Waals surface area contributed by atoms with E-state index in [9.17, 15) is 4.79 Å². The maximum atomic E-state index is 12.6. The topological polar surface area (TPSA) is 41.6 Å². The van der Waals surface area contributed by atoms with Crippen molar-refractivity contribution >= 4 is 17.7 Å². The Kier molecular flexibility index (Phi) is 5.53. The molecule has 5 heteroatoms. The van der Waals surface area contributed by atoms with E-state index in [2.05, 4.69) is 25.4 Å². The smallest absolute Gasteiger partial charge is 0.241 e. The van der Waals surface area contributed by atoms with Gasteiger partial charge in [0.1, 0.15) is 11.9 Å². The lowest BCUT2D eigenvalue weighted by Gasteiger charge is -2.24. The first-order chi connectivity index (χ1) is 10.1. The molecule has 0 saturated carbocycles. The van der Waals surface area contributed by atoms with Gasteiger partial charge < -0.3 is 9.64 Å². The molecule has 0 spiro atoms. The Balaban J connectivity index is 2.27. The Morgan fingerprint density at radius 2 is 2.19 bits per heavy atom. The molecular weight excluding hydrogens is 284 g/mol. The van der Waals surface area contributed by atoms with Gasteiger partial charge in [-0.15, -0.1) is 0 Å². The number of amides is 1. The van der Waals surface area contributed by atoms with E-state index in [-0.39, 0.29) is 24.0 Å². The lowest BCUT2D eigenvalue weighted by Crippen LogP contribution is -2.35. The maximum absolute atomic E-state index is 12.6. The molecule has 1 amide bonds. The first-order valence-electron chi connectivity index (χ1n) is 7.28. The highest BCUT2D eigenvalue weighted by Crippen LogP contribution is 2.29. The fraction of sp³-hybridized carbons (Fsp3) is 0.562. The summed E-state index contributed by atoms with van der Waals surface area (Å²) in [6.45, 7) is 4.92. The zero-order valence-corrected chi connectivity index (χ0v) is 13.9. The van der Waals surface area contributed by atoms with Crippen LogP contribution in [0, 0.1) is 5.92 Å². The van der Waals surface area contributed by atoms with Crippen molar-refractivity contribution < 1.29 is 9.53 Å². The van der Waals surface area contributed by atoms with Gasteiger partial charge in [0.25, 0.3) is 0 Å². The van der Waals surface area contributed by atoms with E-state index in [0.29, 0.717) is 0 Å². The SMILES string of the molecule is COc1cccc(C2NC(C(C)C)C(=O)N2CCSC)c1. The van der Waals surface area contributed by atoms with E-state index in [1.165, 1.54) is 0 Å². The number of nitrogens with zero attached hydrogens (tertiary/aromatic N) is 1. The van der Waals surface area contributed by atoms with Crippen molar-refractivity contribution in [3.8, 4) is 5.75 Å². The summed E-state index contributed by atoms with van der Waals surface area (Å²) in [7, 11) is 1.66. The molecule has 0 aliphatic carbocycles. The molecular formula is C16H24N2O2S. The van der Waals surface area contributed by atoms with Gasteiger partial charge in [-0.3, -0.25) is 10.1 Å². The zero-order valence-electron chi connectivity index (χ0n) is 13.1. The summed E-state index contributed by atoms with van der Waals surface area (Å²) in [5.74, 6) is 2.25. The Morgan fingerprint density at radius 3 is 2.81 bits per heavy atom. The molecule has 1 N–H and O–H groups in total. The number of rotatable bonds is 6. The second-order valence-corrected chi connectivity index (χ2v) is 6.58. The highest BCUT2D eigenvalue weighted by atomic mass is 32.2. The molecule has 116 valence electrons. The van der Waals surface area contributed by atoms with Crippen molar-refractivity contribution in [3.05, 3.63) is 29.8 Å². The van der Waals surface area contributed by atoms with Crippen molar-refractivity contribution in [2.24, 2.45) is 5.92 Å². The van der Waals surface area contributed by atoms with Crippen LogP contribution in [0.3, 0.4) is 0 Å². The van der Waals surface area contributed by atoms with Crippen LogP contribution < -0.4 is 10.1 Å². The average molecular weight is 308 g/mol. The first kappa shape index (κ1) is 16.2. The van der Waals surface area contributed by atoms with Gasteiger partial charge in [0.05, 0.1) is 13.2 Å². The fourth-order valence-electron chi connectivity index (χ4n) is 2.63. The number of hydrogen-bond donors (Lipinski definition) is 1. The number of nitrogens with one attached hydrogen (secondary N) is 1. The highest BCUT2D eigenvalue weighted by Gasteiger charge is 2.40. The molecule has 1 aromatic rings. The van der Waals surface area contributed by atoms with E-state index >= 15 is 0 Å². The molecule has 21 heavy (non-hydrogen) atoms. The summed E-state index contributed by atoms with van der Waals surface area (Å²) in [5, 5.41) is 3.48. The van der Waals surface area contributed by atoms with Gasteiger partial charge in [-0.25, -0.2) is 0 Å². The van der Waals surface area contributed by atoms with Crippen molar-refractivity contribution in [2.45, 2.75) is 26.1 Å². The summed E-state index contributed by atoms with van der Waals surface area (Å²) in [6, 6.07) is 7.83. The molecule has 0 bridgehead atoms. The first-order valence-corrected chi connectivity index (χ1v) is 8.67. The number of ether oxygens (including phenoxy) is 1. The molecule has 1 fully saturated rings. The predicted octanol–water partition coefficient (Wildman–Crippen LogP) is 2.51. The van der Waals surface area contributed by atoms with Crippen molar-refractivity contribution in [2.75, 3.05) is 25.7 Å². The van der Waals surface area contributed by atoms with Crippen LogP contribution in [-0.2, 0) is 4.79 Å². The Hall–Kier alpha value is -1.20. The largest absolute Gasteiger partial charge is 0.497 e. The van der Waals surface area contributed by atoms with Crippen molar-refractivity contribution in [3.63, 3.8) is 0 Å². The maximum Gasteiger partial charge on any atom is 0.241 e.